The number of aryl methyl sites for hydroxylation is 1. The van der Waals surface area contributed by atoms with E-state index in [0.29, 0.717) is 12.4 Å². The number of aromatic hydroxyl groups is 1. The predicted molar refractivity (Wildman–Crippen MR) is 85.1 cm³/mol. The summed E-state index contributed by atoms with van der Waals surface area (Å²) in [4.78, 5) is 0. The maximum absolute atomic E-state index is 9.20. The van der Waals surface area contributed by atoms with Gasteiger partial charge in [0.05, 0.1) is 0 Å². The van der Waals surface area contributed by atoms with Crippen molar-refractivity contribution in [2.45, 2.75) is 70.6 Å². The molecule has 1 aromatic carbocycles. The van der Waals surface area contributed by atoms with E-state index in [1.54, 1.807) is 12.1 Å². The summed E-state index contributed by atoms with van der Waals surface area (Å²) in [7, 11) is 0. The minimum atomic E-state index is 0.348. The van der Waals surface area contributed by atoms with Gasteiger partial charge in [-0.3, -0.25) is 0 Å². The van der Waals surface area contributed by atoms with Crippen LogP contribution >= 0.6 is 0 Å². The lowest BCUT2D eigenvalue weighted by Crippen LogP contribution is -1.87. The molecule has 0 atom stereocenters. The third kappa shape index (κ3) is 8.98. The van der Waals surface area contributed by atoms with Crippen LogP contribution in [0.4, 0.5) is 0 Å². The lowest BCUT2D eigenvalue weighted by Gasteiger charge is -2.03. The summed E-state index contributed by atoms with van der Waals surface area (Å²) in [5, 5.41) is 17.9. The van der Waals surface area contributed by atoms with Crippen molar-refractivity contribution in [2.24, 2.45) is 0 Å². The number of aliphatic hydroxyl groups is 1. The molecule has 0 bridgehead atoms. The van der Waals surface area contributed by atoms with Crippen LogP contribution in [0.15, 0.2) is 24.3 Å². The van der Waals surface area contributed by atoms with E-state index in [-0.39, 0.29) is 0 Å². The number of hydrogen-bond donors (Lipinski definition) is 2. The number of benzene rings is 1. The first-order chi connectivity index (χ1) is 9.83. The summed E-state index contributed by atoms with van der Waals surface area (Å²) in [5.74, 6) is 0.354. The van der Waals surface area contributed by atoms with Crippen LogP contribution in [-0.4, -0.2) is 16.8 Å². The fourth-order valence-corrected chi connectivity index (χ4v) is 2.52. The number of phenols is 1. The summed E-state index contributed by atoms with van der Waals surface area (Å²) in [6.07, 6.45) is 13.9. The molecule has 0 aliphatic rings. The van der Waals surface area contributed by atoms with Crippen molar-refractivity contribution >= 4 is 0 Å². The quantitative estimate of drug-likeness (QED) is 0.538. The first-order valence-electron chi connectivity index (χ1n) is 8.21. The van der Waals surface area contributed by atoms with Crippen LogP contribution in [0.5, 0.6) is 5.75 Å². The smallest absolute Gasteiger partial charge is 0.115 e. The molecule has 1 aromatic rings. The molecule has 0 heterocycles. The summed E-state index contributed by atoms with van der Waals surface area (Å²) in [5.41, 5.74) is 1.33. The number of unbranched alkanes of at least 4 members (excludes halogenated alkanes) is 9. The number of aliphatic hydroxyl groups excluding tert-OH is 1. The predicted octanol–water partition coefficient (Wildman–Crippen LogP) is 4.83. The molecule has 0 spiro atoms. The van der Waals surface area contributed by atoms with Crippen molar-refractivity contribution < 1.29 is 10.2 Å². The van der Waals surface area contributed by atoms with Crippen molar-refractivity contribution in [3.63, 3.8) is 0 Å². The largest absolute Gasteiger partial charge is 0.508 e. The molecule has 0 radical (unpaired) electrons. The van der Waals surface area contributed by atoms with Gasteiger partial charge in [0.1, 0.15) is 5.75 Å². The van der Waals surface area contributed by atoms with Gasteiger partial charge in [-0.05, 0) is 37.0 Å². The molecule has 2 N–H and O–H groups in total. The van der Waals surface area contributed by atoms with Gasteiger partial charge in [0.2, 0.25) is 0 Å². The van der Waals surface area contributed by atoms with Crippen LogP contribution in [0.2, 0.25) is 0 Å². The molecular formula is C18H30O2. The number of rotatable bonds is 12. The second kappa shape index (κ2) is 11.8. The Balaban J connectivity index is 1.84. The molecule has 114 valence electrons. The maximum Gasteiger partial charge on any atom is 0.115 e. The molecule has 0 unspecified atom stereocenters. The Kier molecular flexibility index (Phi) is 10.0. The first-order valence-corrected chi connectivity index (χ1v) is 8.21. The highest BCUT2D eigenvalue weighted by Crippen LogP contribution is 2.14. The molecular weight excluding hydrogens is 248 g/mol. The molecule has 0 aliphatic heterocycles. The third-order valence-corrected chi connectivity index (χ3v) is 3.81. The topological polar surface area (TPSA) is 40.5 Å². The lowest BCUT2D eigenvalue weighted by molar-refractivity contribution is 0.282. The average molecular weight is 278 g/mol. The van der Waals surface area contributed by atoms with Gasteiger partial charge in [-0.2, -0.15) is 0 Å². The minimum Gasteiger partial charge on any atom is -0.508 e. The van der Waals surface area contributed by atoms with Gasteiger partial charge in [-0.25, -0.2) is 0 Å². The summed E-state index contributed by atoms with van der Waals surface area (Å²) < 4.78 is 0. The Bertz CT molecular complexity index is 319. The normalized spacial score (nSPS) is 10.8. The monoisotopic (exact) mass is 278 g/mol. The number of phenolic OH excluding ortho intramolecular Hbond substituents is 1. The standard InChI is InChI=1S/C18H30O2/c19-16-10-8-6-4-2-1-3-5-7-9-11-17-12-14-18(20)15-13-17/h12-15,19-20H,1-11,16H2. The highest BCUT2D eigenvalue weighted by Gasteiger charge is 1.95. The van der Waals surface area contributed by atoms with Crippen molar-refractivity contribution in [1.29, 1.82) is 0 Å². The highest BCUT2D eigenvalue weighted by atomic mass is 16.3. The van der Waals surface area contributed by atoms with Crippen LogP contribution in [-0.2, 0) is 6.42 Å². The molecule has 0 saturated carbocycles. The van der Waals surface area contributed by atoms with Gasteiger partial charge in [-0.15, -0.1) is 0 Å². The Labute approximate surface area is 123 Å². The van der Waals surface area contributed by atoms with Gasteiger partial charge in [0.15, 0.2) is 0 Å². The van der Waals surface area contributed by atoms with E-state index in [1.807, 2.05) is 12.1 Å². The molecule has 2 heteroatoms. The van der Waals surface area contributed by atoms with Gasteiger partial charge in [0, 0.05) is 6.61 Å². The molecule has 1 rings (SSSR count). The zero-order valence-corrected chi connectivity index (χ0v) is 12.7. The van der Waals surface area contributed by atoms with E-state index < -0.39 is 0 Å². The third-order valence-electron chi connectivity index (χ3n) is 3.81. The molecule has 0 fully saturated rings. The second-order valence-electron chi connectivity index (χ2n) is 5.68. The van der Waals surface area contributed by atoms with E-state index in [2.05, 4.69) is 0 Å². The summed E-state index contributed by atoms with van der Waals surface area (Å²) in [6, 6.07) is 7.57. The SMILES string of the molecule is OCCCCCCCCCCCCc1ccc(O)cc1. The number of hydrogen-bond acceptors (Lipinski definition) is 2. The van der Waals surface area contributed by atoms with Crippen LogP contribution in [0.3, 0.4) is 0 Å². The van der Waals surface area contributed by atoms with Crippen molar-refractivity contribution in [2.75, 3.05) is 6.61 Å². The van der Waals surface area contributed by atoms with E-state index in [0.717, 1.165) is 12.8 Å². The zero-order valence-electron chi connectivity index (χ0n) is 12.7. The van der Waals surface area contributed by atoms with Crippen LogP contribution in [0.25, 0.3) is 0 Å². The molecule has 0 aliphatic carbocycles. The van der Waals surface area contributed by atoms with Crippen molar-refractivity contribution in [3.8, 4) is 5.75 Å². The van der Waals surface area contributed by atoms with Crippen LogP contribution in [0.1, 0.15) is 69.8 Å². The molecule has 2 nitrogen and oxygen atoms in total. The van der Waals surface area contributed by atoms with Gasteiger partial charge in [0.25, 0.3) is 0 Å². The summed E-state index contributed by atoms with van der Waals surface area (Å²) >= 11 is 0. The average Bonchev–Trinajstić information content (AvgIpc) is 2.47. The molecule has 0 aromatic heterocycles. The van der Waals surface area contributed by atoms with Crippen LogP contribution < -0.4 is 0 Å². The zero-order chi connectivity index (χ0) is 14.5. The van der Waals surface area contributed by atoms with Crippen molar-refractivity contribution in [1.82, 2.24) is 0 Å². The highest BCUT2D eigenvalue weighted by molar-refractivity contribution is 5.25. The van der Waals surface area contributed by atoms with Gasteiger partial charge in [-0.1, -0.05) is 63.5 Å². The Morgan fingerprint density at radius 2 is 1.05 bits per heavy atom. The molecule has 20 heavy (non-hydrogen) atoms. The molecule has 0 saturated heterocycles. The van der Waals surface area contributed by atoms with E-state index in [4.69, 9.17) is 5.11 Å². The van der Waals surface area contributed by atoms with E-state index in [1.165, 1.54) is 63.4 Å². The van der Waals surface area contributed by atoms with E-state index in [9.17, 15) is 5.11 Å². The minimum absolute atomic E-state index is 0.348. The second-order valence-corrected chi connectivity index (χ2v) is 5.68. The Morgan fingerprint density at radius 3 is 1.55 bits per heavy atom. The fourth-order valence-electron chi connectivity index (χ4n) is 2.52. The summed E-state index contributed by atoms with van der Waals surface area (Å²) in [6.45, 7) is 0.348. The van der Waals surface area contributed by atoms with Gasteiger partial charge < -0.3 is 10.2 Å². The Morgan fingerprint density at radius 1 is 0.600 bits per heavy atom. The van der Waals surface area contributed by atoms with Crippen LogP contribution in [0, 0.1) is 0 Å². The van der Waals surface area contributed by atoms with Crippen molar-refractivity contribution in [3.05, 3.63) is 29.8 Å². The Hall–Kier alpha value is -1.02. The fraction of sp³-hybridized carbons (Fsp3) is 0.667. The van der Waals surface area contributed by atoms with E-state index >= 15 is 0 Å². The first kappa shape index (κ1) is 17.0. The molecule has 0 amide bonds. The van der Waals surface area contributed by atoms with Gasteiger partial charge >= 0.3 is 0 Å². The lowest BCUT2D eigenvalue weighted by atomic mass is 10.0. The maximum atomic E-state index is 9.20.